The molecule has 2 aromatic rings. The molecule has 1 saturated heterocycles. The zero-order valence-electron chi connectivity index (χ0n) is 15.1. The number of amidine groups is 1. The van der Waals surface area contributed by atoms with Crippen LogP contribution in [0.2, 0.25) is 0 Å². The minimum atomic E-state index is -1.04. The molecule has 1 aromatic carbocycles. The third kappa shape index (κ3) is 3.47. The van der Waals surface area contributed by atoms with Gasteiger partial charge < -0.3 is 20.4 Å². The van der Waals surface area contributed by atoms with Gasteiger partial charge in [0.1, 0.15) is 5.82 Å². The highest BCUT2D eigenvalue weighted by molar-refractivity contribution is 9.10. The number of hydrogen-bond acceptors (Lipinski definition) is 7. The number of halogens is 2. The summed E-state index contributed by atoms with van der Waals surface area (Å²) in [6.07, 6.45) is 0. The van der Waals surface area contributed by atoms with Gasteiger partial charge in [-0.15, -0.1) is 0 Å². The Hall–Kier alpha value is -1.59. The minimum Gasteiger partial charge on any atom is -0.618 e. The van der Waals surface area contributed by atoms with Crippen LogP contribution in [0.3, 0.4) is 0 Å². The summed E-state index contributed by atoms with van der Waals surface area (Å²) >= 11 is 2.06. The minimum absolute atomic E-state index is 0.0340. The lowest BCUT2D eigenvalue weighted by atomic mass is 9.51. The van der Waals surface area contributed by atoms with Crippen LogP contribution in [0.25, 0.3) is 0 Å². The molecule has 138 valence electrons. The van der Waals surface area contributed by atoms with Crippen molar-refractivity contribution in [3.8, 4) is 0 Å². The Morgan fingerprint density at radius 2 is 2.00 bits per heavy atom. The molecular weight excluding hydrogens is 436 g/mol. The van der Waals surface area contributed by atoms with Gasteiger partial charge in [0, 0.05) is 5.69 Å². The van der Waals surface area contributed by atoms with Gasteiger partial charge in [0.2, 0.25) is 11.7 Å². The predicted molar refractivity (Wildman–Crippen MR) is 116 cm³/mol. The Labute approximate surface area is 170 Å². The molecule has 1 aromatic heterocycles. The van der Waals surface area contributed by atoms with Gasteiger partial charge in [-0.25, -0.2) is 9.02 Å². The molecule has 1 aliphatic rings. The first-order valence-electron chi connectivity index (χ1n) is 8.04. The molecule has 27 heavy (non-hydrogen) atoms. The Bertz CT molecular complexity index is 886. The maximum atomic E-state index is 13.4. The predicted octanol–water partition coefficient (Wildman–Crippen LogP) is -2.40. The molecule has 0 bridgehead atoms. The normalized spacial score (nSPS) is 23.4. The van der Waals surface area contributed by atoms with Crippen molar-refractivity contribution < 1.29 is 18.8 Å². The number of rotatable bonds is 4. The van der Waals surface area contributed by atoms with E-state index >= 15 is 0 Å². The molecule has 2 heterocycles. The number of benzene rings is 1. The molecule has 0 radical (unpaired) electrons. The smallest absolute Gasteiger partial charge is 0.203 e. The van der Waals surface area contributed by atoms with Crippen LogP contribution in [0.1, 0.15) is 5.69 Å². The molecule has 0 atom stereocenters. The fourth-order valence-electron chi connectivity index (χ4n) is 3.44. The SMILES string of the molecule is BC1(B)C(Nc2nonc2/C(=N/O)Nc2ccc(F)c(Br)c2)C(B)(B)[S+]1[O-]. The van der Waals surface area contributed by atoms with Gasteiger partial charge in [-0.1, -0.05) is 16.3 Å². The van der Waals surface area contributed by atoms with Gasteiger partial charge in [0.25, 0.3) is 0 Å². The summed E-state index contributed by atoms with van der Waals surface area (Å²) < 4.78 is 29.9. The van der Waals surface area contributed by atoms with Crippen LogP contribution in [-0.4, -0.2) is 72.4 Å². The Kier molecular flexibility index (Phi) is 5.30. The third-order valence-corrected chi connectivity index (χ3v) is 7.61. The molecular formula is C12H15B4BrFN5O3S. The maximum absolute atomic E-state index is 13.4. The molecule has 8 nitrogen and oxygen atoms in total. The van der Waals surface area contributed by atoms with Crippen molar-refractivity contribution in [3.05, 3.63) is 34.2 Å². The van der Waals surface area contributed by atoms with E-state index in [9.17, 15) is 14.2 Å². The van der Waals surface area contributed by atoms with Crippen LogP contribution in [0.15, 0.2) is 32.5 Å². The number of aromatic nitrogens is 2. The molecule has 0 aliphatic carbocycles. The van der Waals surface area contributed by atoms with Crippen LogP contribution in [0.5, 0.6) is 0 Å². The van der Waals surface area contributed by atoms with Crippen LogP contribution in [-0.2, 0) is 11.2 Å². The quantitative estimate of drug-likeness (QED) is 0.118. The van der Waals surface area contributed by atoms with Crippen LogP contribution in [0.4, 0.5) is 15.9 Å². The van der Waals surface area contributed by atoms with E-state index in [0.29, 0.717) is 5.69 Å². The molecule has 1 fully saturated rings. The Morgan fingerprint density at radius 1 is 1.33 bits per heavy atom. The standard InChI is InChI=1S/C12H15B4BrFN5O3S/c13-11(14)10(12(15,16)27(11)25)20-9-7(22-26-23-9)8(21-24)19-4-1-2-6(18)5(17)3-4/h1-3,10,24H,13-16H2,(H,19,21)(H,20,23). The van der Waals surface area contributed by atoms with Crippen molar-refractivity contribution in [1.29, 1.82) is 0 Å². The molecule has 0 spiro atoms. The zero-order valence-corrected chi connectivity index (χ0v) is 17.5. The van der Waals surface area contributed by atoms with Crippen molar-refractivity contribution in [1.82, 2.24) is 10.3 Å². The van der Waals surface area contributed by atoms with Crippen molar-refractivity contribution in [2.75, 3.05) is 10.6 Å². The van der Waals surface area contributed by atoms with Crippen molar-refractivity contribution in [2.45, 2.75) is 15.1 Å². The molecule has 0 unspecified atom stereocenters. The number of nitrogens with one attached hydrogen (secondary N) is 2. The van der Waals surface area contributed by atoms with E-state index in [2.05, 4.69) is 42.0 Å². The van der Waals surface area contributed by atoms with Gasteiger partial charge in [0.05, 0.1) is 19.6 Å². The van der Waals surface area contributed by atoms with Gasteiger partial charge in [-0.2, -0.15) is 0 Å². The fourth-order valence-corrected chi connectivity index (χ4v) is 6.12. The topological polar surface area (TPSA) is 119 Å². The Balaban J connectivity index is 1.84. The highest BCUT2D eigenvalue weighted by Gasteiger charge is 2.65. The molecule has 3 rings (SSSR count). The highest BCUT2D eigenvalue weighted by Crippen LogP contribution is 2.42. The van der Waals surface area contributed by atoms with Crippen LogP contribution < -0.4 is 10.6 Å². The maximum Gasteiger partial charge on any atom is 0.203 e. The average Bonchev–Trinajstić information content (AvgIpc) is 3.08. The monoisotopic (exact) mass is 451 g/mol. The van der Waals surface area contributed by atoms with Crippen molar-refractivity contribution >= 4 is 75.8 Å². The largest absolute Gasteiger partial charge is 0.618 e. The summed E-state index contributed by atoms with van der Waals surface area (Å²) in [7, 11) is 7.59. The molecule has 1 aliphatic heterocycles. The van der Waals surface area contributed by atoms with Crippen LogP contribution in [0, 0.1) is 5.82 Å². The molecule has 0 amide bonds. The third-order valence-electron chi connectivity index (χ3n) is 4.62. The number of oxime groups is 1. The van der Waals surface area contributed by atoms with Crippen molar-refractivity contribution in [3.63, 3.8) is 0 Å². The number of nitrogens with zero attached hydrogens (tertiary/aromatic N) is 3. The van der Waals surface area contributed by atoms with E-state index in [-0.39, 0.29) is 27.9 Å². The van der Waals surface area contributed by atoms with E-state index < -0.39 is 26.1 Å². The summed E-state index contributed by atoms with van der Waals surface area (Å²) in [4.78, 5) is 0. The summed E-state index contributed by atoms with van der Waals surface area (Å²) in [5.74, 6) is -0.205. The van der Waals surface area contributed by atoms with E-state index in [1.165, 1.54) is 18.2 Å². The average molecular weight is 452 g/mol. The first kappa shape index (κ1) is 20.2. The number of anilines is 2. The second-order valence-electron chi connectivity index (χ2n) is 7.22. The zero-order chi connectivity index (χ0) is 20.0. The summed E-state index contributed by atoms with van der Waals surface area (Å²) in [5, 5.41) is 26.3. The molecule has 15 heteroatoms. The van der Waals surface area contributed by atoms with Gasteiger partial charge in [-0.3, -0.25) is 0 Å². The Morgan fingerprint density at radius 3 is 2.59 bits per heavy atom. The lowest BCUT2D eigenvalue weighted by Gasteiger charge is -2.59. The van der Waals surface area contributed by atoms with Crippen molar-refractivity contribution in [2.24, 2.45) is 5.16 Å². The number of hydrogen-bond donors (Lipinski definition) is 3. The molecule has 0 saturated carbocycles. The van der Waals surface area contributed by atoms with E-state index in [4.69, 9.17) is 4.63 Å². The lowest BCUT2D eigenvalue weighted by molar-refractivity contribution is 0.304. The second-order valence-corrected chi connectivity index (χ2v) is 10.7. The van der Waals surface area contributed by atoms with Gasteiger partial charge >= 0.3 is 0 Å². The summed E-state index contributed by atoms with van der Waals surface area (Å²) in [5.41, 5.74) is 0.609. The van der Waals surface area contributed by atoms with E-state index in [1.54, 1.807) is 0 Å². The van der Waals surface area contributed by atoms with E-state index in [1.807, 2.05) is 31.4 Å². The lowest BCUT2D eigenvalue weighted by Crippen LogP contribution is -2.81. The fraction of sp³-hybridized carbons (Fsp3) is 0.250. The first-order valence-corrected chi connectivity index (χ1v) is 9.99. The second kappa shape index (κ2) is 7.10. The van der Waals surface area contributed by atoms with Crippen LogP contribution >= 0.6 is 15.9 Å². The van der Waals surface area contributed by atoms with E-state index in [0.717, 1.165) is 0 Å². The van der Waals surface area contributed by atoms with Gasteiger partial charge in [-0.05, 0) is 44.4 Å². The summed E-state index contributed by atoms with van der Waals surface area (Å²) in [6.45, 7) is 0. The highest BCUT2D eigenvalue weighted by atomic mass is 79.9. The van der Waals surface area contributed by atoms with Gasteiger partial charge in [0.15, 0.2) is 37.1 Å². The molecule has 3 N–H and O–H groups in total. The summed E-state index contributed by atoms with van der Waals surface area (Å²) in [6, 6.07) is 4.06. The first-order chi connectivity index (χ1) is 12.6.